The number of benzene rings is 2. The third kappa shape index (κ3) is 2.72. The molecule has 4 nitrogen and oxygen atoms in total. The van der Waals surface area contributed by atoms with Gasteiger partial charge in [0.2, 0.25) is 0 Å². The number of nitrogens with zero attached hydrogens (tertiary/aromatic N) is 2. The van der Waals surface area contributed by atoms with Crippen LogP contribution in [0.4, 0.5) is 5.69 Å². The van der Waals surface area contributed by atoms with E-state index in [4.69, 9.17) is 0 Å². The van der Waals surface area contributed by atoms with Crippen LogP contribution in [0.3, 0.4) is 0 Å². The molecule has 0 amide bonds. The highest BCUT2D eigenvalue weighted by Gasteiger charge is 2.17. The monoisotopic (exact) mass is 360 g/mol. The van der Waals surface area contributed by atoms with Crippen molar-refractivity contribution in [2.75, 3.05) is 0 Å². The maximum atomic E-state index is 11.1. The van der Waals surface area contributed by atoms with Gasteiger partial charge < -0.3 is 0 Å². The van der Waals surface area contributed by atoms with E-state index >= 15 is 0 Å². The van der Waals surface area contributed by atoms with Crippen molar-refractivity contribution < 1.29 is 4.92 Å². The number of hydrogen-bond acceptors (Lipinski definition) is 4. The molecule has 0 N–H and O–H groups in total. The second-order valence-electron chi connectivity index (χ2n) is 4.29. The topological polar surface area (TPSA) is 56.0 Å². The Bertz CT molecular complexity index is 817. The Morgan fingerprint density at radius 3 is 2.43 bits per heavy atom. The molecule has 3 aromatic rings. The summed E-state index contributed by atoms with van der Waals surface area (Å²) >= 11 is 4.89. The zero-order valence-corrected chi connectivity index (χ0v) is 13.1. The Balaban J connectivity index is 2.08. The van der Waals surface area contributed by atoms with Crippen LogP contribution in [0.15, 0.2) is 58.4 Å². The summed E-state index contributed by atoms with van der Waals surface area (Å²) in [7, 11) is 0. The number of nitro benzene ring substituents is 1. The van der Waals surface area contributed by atoms with Gasteiger partial charge in [0, 0.05) is 21.5 Å². The molecule has 0 saturated carbocycles. The second-order valence-corrected chi connectivity index (χ2v) is 6.00. The minimum Gasteiger partial charge on any atom is -0.258 e. The van der Waals surface area contributed by atoms with Gasteiger partial charge in [-0.2, -0.15) is 0 Å². The van der Waals surface area contributed by atoms with Crippen molar-refractivity contribution in [1.82, 2.24) is 4.98 Å². The fraction of sp³-hybridized carbons (Fsp3) is 0. The molecule has 0 unspecified atom stereocenters. The first-order valence-electron chi connectivity index (χ1n) is 6.11. The van der Waals surface area contributed by atoms with Crippen LogP contribution in [0.1, 0.15) is 0 Å². The van der Waals surface area contributed by atoms with Crippen LogP contribution < -0.4 is 0 Å². The maximum Gasteiger partial charge on any atom is 0.279 e. The lowest BCUT2D eigenvalue weighted by Gasteiger charge is -2.00. The average Bonchev–Trinajstić information content (AvgIpc) is 2.97. The van der Waals surface area contributed by atoms with Gasteiger partial charge in [-0.1, -0.05) is 46.3 Å². The molecule has 0 spiro atoms. The van der Waals surface area contributed by atoms with E-state index in [0.717, 1.165) is 15.7 Å². The summed E-state index contributed by atoms with van der Waals surface area (Å²) in [6.45, 7) is 0. The Labute approximate surface area is 133 Å². The quantitative estimate of drug-likeness (QED) is 0.479. The Kier molecular flexibility index (Phi) is 3.81. The molecule has 0 bridgehead atoms. The van der Waals surface area contributed by atoms with Crippen molar-refractivity contribution in [3.63, 3.8) is 0 Å². The molecule has 0 saturated heterocycles. The van der Waals surface area contributed by atoms with Gasteiger partial charge in [0.25, 0.3) is 5.69 Å². The largest absolute Gasteiger partial charge is 0.279 e. The fourth-order valence-electron chi connectivity index (χ4n) is 2.00. The summed E-state index contributed by atoms with van der Waals surface area (Å²) in [6.07, 6.45) is 0. The van der Waals surface area contributed by atoms with Crippen molar-refractivity contribution >= 4 is 33.0 Å². The molecule has 21 heavy (non-hydrogen) atoms. The van der Waals surface area contributed by atoms with E-state index < -0.39 is 0 Å². The minimum absolute atomic E-state index is 0.0746. The van der Waals surface area contributed by atoms with E-state index in [1.54, 1.807) is 18.2 Å². The molecule has 0 aliphatic heterocycles. The molecule has 0 atom stereocenters. The first-order valence-corrected chi connectivity index (χ1v) is 7.78. The van der Waals surface area contributed by atoms with Crippen LogP contribution >= 0.6 is 27.3 Å². The van der Waals surface area contributed by atoms with Crippen LogP contribution in [0, 0.1) is 10.1 Å². The highest BCUT2D eigenvalue weighted by atomic mass is 79.9. The van der Waals surface area contributed by atoms with Gasteiger partial charge in [-0.05, 0) is 12.1 Å². The zero-order chi connectivity index (χ0) is 14.8. The van der Waals surface area contributed by atoms with Crippen LogP contribution in [0.2, 0.25) is 0 Å². The van der Waals surface area contributed by atoms with Gasteiger partial charge in [0.1, 0.15) is 5.01 Å². The third-order valence-electron chi connectivity index (χ3n) is 2.99. The smallest absolute Gasteiger partial charge is 0.258 e. The van der Waals surface area contributed by atoms with Crippen molar-refractivity contribution in [2.45, 2.75) is 0 Å². The van der Waals surface area contributed by atoms with E-state index in [1.165, 1.54) is 17.4 Å². The van der Waals surface area contributed by atoms with E-state index in [0.29, 0.717) is 10.6 Å². The Morgan fingerprint density at radius 1 is 1.05 bits per heavy atom. The number of nitro groups is 1. The second kappa shape index (κ2) is 5.75. The number of halogens is 1. The molecule has 1 heterocycles. The lowest BCUT2D eigenvalue weighted by atomic mass is 10.1. The summed E-state index contributed by atoms with van der Waals surface area (Å²) in [6, 6.07) is 14.4. The predicted molar refractivity (Wildman–Crippen MR) is 87.3 cm³/mol. The summed E-state index contributed by atoms with van der Waals surface area (Å²) in [4.78, 5) is 15.3. The molecule has 0 radical (unpaired) electrons. The lowest BCUT2D eigenvalue weighted by molar-refractivity contribution is -0.384. The van der Waals surface area contributed by atoms with Gasteiger partial charge in [-0.25, -0.2) is 4.98 Å². The molecule has 0 aliphatic carbocycles. The predicted octanol–water partition coefficient (Wildman–Crippen LogP) is 5.15. The molecule has 6 heteroatoms. The first-order chi connectivity index (χ1) is 10.2. The van der Waals surface area contributed by atoms with Crippen LogP contribution in [0.5, 0.6) is 0 Å². The van der Waals surface area contributed by atoms with E-state index in [9.17, 15) is 10.1 Å². The molecular formula is C15H9BrN2O2S. The first kappa shape index (κ1) is 13.9. The number of aromatic nitrogens is 1. The van der Waals surface area contributed by atoms with Gasteiger partial charge in [-0.15, -0.1) is 11.3 Å². The van der Waals surface area contributed by atoms with Crippen molar-refractivity contribution in [2.24, 2.45) is 0 Å². The molecular weight excluding hydrogens is 352 g/mol. The van der Waals surface area contributed by atoms with Crippen LogP contribution in [-0.2, 0) is 0 Å². The molecule has 0 aliphatic rings. The van der Waals surface area contributed by atoms with Gasteiger partial charge in [-0.3, -0.25) is 10.1 Å². The molecule has 104 valence electrons. The standard InChI is InChI=1S/C15H9BrN2O2S/c16-12-7-3-1-5-10(12)13-9-21-15(17-13)11-6-2-4-8-14(11)18(19)20/h1-9H. The zero-order valence-electron chi connectivity index (χ0n) is 10.7. The number of thiazole rings is 1. The summed E-state index contributed by atoms with van der Waals surface area (Å²) in [5.74, 6) is 0. The third-order valence-corrected chi connectivity index (χ3v) is 4.55. The van der Waals surface area contributed by atoms with Gasteiger partial charge in [0.15, 0.2) is 0 Å². The average molecular weight is 361 g/mol. The van der Waals surface area contributed by atoms with E-state index in [-0.39, 0.29) is 10.6 Å². The van der Waals surface area contributed by atoms with E-state index in [1.807, 2.05) is 29.6 Å². The number of rotatable bonds is 3. The fourth-order valence-corrected chi connectivity index (χ4v) is 3.35. The van der Waals surface area contributed by atoms with Crippen molar-refractivity contribution in [1.29, 1.82) is 0 Å². The maximum absolute atomic E-state index is 11.1. The van der Waals surface area contributed by atoms with Crippen molar-refractivity contribution in [3.05, 3.63) is 68.5 Å². The Hall–Kier alpha value is -2.05. The minimum atomic E-state index is -0.380. The Morgan fingerprint density at radius 2 is 1.71 bits per heavy atom. The number of para-hydroxylation sites is 1. The SMILES string of the molecule is O=[N+]([O-])c1ccccc1-c1nc(-c2ccccc2Br)cs1. The summed E-state index contributed by atoms with van der Waals surface area (Å²) in [5.41, 5.74) is 2.40. The summed E-state index contributed by atoms with van der Waals surface area (Å²) < 4.78 is 0.949. The molecule has 0 fully saturated rings. The lowest BCUT2D eigenvalue weighted by Crippen LogP contribution is -1.91. The van der Waals surface area contributed by atoms with E-state index in [2.05, 4.69) is 20.9 Å². The highest BCUT2D eigenvalue weighted by Crippen LogP contribution is 2.36. The molecule has 1 aromatic heterocycles. The van der Waals surface area contributed by atoms with Crippen LogP contribution in [0.25, 0.3) is 21.8 Å². The van der Waals surface area contributed by atoms with Gasteiger partial charge >= 0.3 is 0 Å². The number of hydrogen-bond donors (Lipinski definition) is 0. The van der Waals surface area contributed by atoms with Crippen LogP contribution in [-0.4, -0.2) is 9.91 Å². The van der Waals surface area contributed by atoms with Gasteiger partial charge in [0.05, 0.1) is 16.2 Å². The van der Waals surface area contributed by atoms with Crippen molar-refractivity contribution in [3.8, 4) is 21.8 Å². The normalized spacial score (nSPS) is 10.5. The molecule has 2 aromatic carbocycles. The highest BCUT2D eigenvalue weighted by molar-refractivity contribution is 9.10. The molecule has 3 rings (SSSR count). The summed E-state index contributed by atoms with van der Waals surface area (Å²) in [5, 5.41) is 13.7.